The molecule has 6 nitrogen and oxygen atoms in total. The van der Waals surface area contributed by atoms with Crippen molar-refractivity contribution in [3.05, 3.63) is 109 Å². The Balaban J connectivity index is 4.39. The fraction of sp³-hybridized carbons (Fsp3) is 0.720. The lowest BCUT2D eigenvalue weighted by atomic mass is 10.0. The molecule has 0 N–H and O–H groups in total. The normalized spacial score (nSPS) is 12.8. The largest absolute Gasteiger partial charge is 0.462 e. The highest BCUT2D eigenvalue weighted by Gasteiger charge is 2.19. The van der Waals surface area contributed by atoms with Crippen molar-refractivity contribution < 1.29 is 28.6 Å². The summed E-state index contributed by atoms with van der Waals surface area (Å²) >= 11 is 0. The van der Waals surface area contributed by atoms with E-state index in [4.69, 9.17) is 14.2 Å². The van der Waals surface area contributed by atoms with E-state index in [9.17, 15) is 14.4 Å². The molecule has 6 heteroatoms. The molecule has 0 heterocycles. The Morgan fingerprint density at radius 2 is 0.506 bits per heavy atom. The van der Waals surface area contributed by atoms with E-state index in [1.54, 1.807) is 0 Å². The van der Waals surface area contributed by atoms with Crippen LogP contribution in [0.5, 0.6) is 0 Å². The van der Waals surface area contributed by atoms with Crippen LogP contribution in [0.2, 0.25) is 0 Å². The highest BCUT2D eigenvalue weighted by atomic mass is 16.6. The van der Waals surface area contributed by atoms with Gasteiger partial charge in [0, 0.05) is 19.3 Å². The SMILES string of the molecule is CC/C=C\C/C=C\C/C=C\C/C=C\C/C=C\C/C=C\CCC(=O)OC(COC(=O)CCCCCCCCC/C=C\C/C=C\CCCCC)COC(=O)CCCCCCCCCCCCCCCCC/C=C\CCCCCCCCCC. The topological polar surface area (TPSA) is 78.9 Å². The summed E-state index contributed by atoms with van der Waals surface area (Å²) in [5.41, 5.74) is 0. The van der Waals surface area contributed by atoms with Gasteiger partial charge in [0.2, 0.25) is 0 Å². The maximum atomic E-state index is 12.9. The Kier molecular flexibility index (Phi) is 65.2. The van der Waals surface area contributed by atoms with Crippen molar-refractivity contribution in [1.29, 1.82) is 0 Å². The molecule has 464 valence electrons. The first-order valence-corrected chi connectivity index (χ1v) is 34.4. The monoisotopic (exact) mass is 1120 g/mol. The number of rotatable bonds is 62. The first kappa shape index (κ1) is 77.1. The Bertz CT molecular complexity index is 1620. The van der Waals surface area contributed by atoms with E-state index in [1.165, 1.54) is 193 Å². The molecule has 0 aliphatic rings. The molecule has 1 atom stereocenters. The van der Waals surface area contributed by atoms with Crippen LogP contribution in [0.25, 0.3) is 0 Å². The predicted octanol–water partition coefficient (Wildman–Crippen LogP) is 23.8. The standard InChI is InChI=1S/C75H128O6/c1-4-7-10-13-16-19-22-25-28-31-33-34-35-36-37-38-39-40-42-44-47-50-53-56-59-62-65-68-74(77)80-71-72(70-79-73(76)67-64-61-58-55-52-49-46-43-30-27-24-21-18-15-12-9-6-3)81-75(78)69-66-63-60-57-54-51-48-45-41-32-29-26-23-20-17-14-11-8-5-2/h8,11,17-18,20-21,26-27,29-31,33,41,45,51,54,60,63,72H,4-7,9-10,12-16,19,22-25,28,32,34-40,42-44,46-50,52-53,55-59,61-62,64-71H2,1-3H3/b11-8-,20-17-,21-18-,29-26-,30-27-,33-31-,45-41-,54-51-,63-60-. The summed E-state index contributed by atoms with van der Waals surface area (Å²) in [6.07, 6.45) is 94.1. The molecule has 0 radical (unpaired) electrons. The van der Waals surface area contributed by atoms with Gasteiger partial charge in [0.05, 0.1) is 0 Å². The number of esters is 3. The molecule has 0 saturated carbocycles. The lowest BCUT2D eigenvalue weighted by molar-refractivity contribution is -0.166. The molecule has 0 aromatic rings. The van der Waals surface area contributed by atoms with Gasteiger partial charge in [0.25, 0.3) is 0 Å². The van der Waals surface area contributed by atoms with Crippen LogP contribution in [0.3, 0.4) is 0 Å². The van der Waals surface area contributed by atoms with E-state index < -0.39 is 12.1 Å². The first-order valence-electron chi connectivity index (χ1n) is 34.4. The van der Waals surface area contributed by atoms with Gasteiger partial charge in [-0.3, -0.25) is 14.4 Å². The van der Waals surface area contributed by atoms with Gasteiger partial charge in [-0.2, -0.15) is 0 Å². The van der Waals surface area contributed by atoms with Crippen LogP contribution in [-0.2, 0) is 28.6 Å². The number of unbranched alkanes of at least 4 members (excludes halogenated alkanes) is 33. The smallest absolute Gasteiger partial charge is 0.306 e. The summed E-state index contributed by atoms with van der Waals surface area (Å²) in [6, 6.07) is 0. The fourth-order valence-corrected chi connectivity index (χ4v) is 9.61. The van der Waals surface area contributed by atoms with Crippen LogP contribution in [0.4, 0.5) is 0 Å². The molecule has 0 saturated heterocycles. The van der Waals surface area contributed by atoms with Crippen molar-refractivity contribution in [1.82, 2.24) is 0 Å². The molecular formula is C75H128O6. The third kappa shape index (κ3) is 66.8. The van der Waals surface area contributed by atoms with Crippen LogP contribution >= 0.6 is 0 Å². The molecule has 0 fully saturated rings. The number of carbonyl (C=O) groups excluding carboxylic acids is 3. The molecule has 0 spiro atoms. The molecule has 0 bridgehead atoms. The zero-order valence-electron chi connectivity index (χ0n) is 53.3. The van der Waals surface area contributed by atoms with Gasteiger partial charge >= 0.3 is 17.9 Å². The number of ether oxygens (including phenoxy) is 3. The van der Waals surface area contributed by atoms with Crippen LogP contribution in [0.15, 0.2) is 109 Å². The van der Waals surface area contributed by atoms with Gasteiger partial charge < -0.3 is 14.2 Å². The van der Waals surface area contributed by atoms with Crippen LogP contribution in [0, 0.1) is 0 Å². The van der Waals surface area contributed by atoms with Crippen molar-refractivity contribution in [2.24, 2.45) is 0 Å². The van der Waals surface area contributed by atoms with Crippen LogP contribution in [-0.4, -0.2) is 37.2 Å². The zero-order valence-corrected chi connectivity index (χ0v) is 53.3. The van der Waals surface area contributed by atoms with Gasteiger partial charge in [0.15, 0.2) is 6.10 Å². The molecule has 0 aromatic heterocycles. The molecule has 0 aliphatic carbocycles. The van der Waals surface area contributed by atoms with E-state index >= 15 is 0 Å². The fourth-order valence-electron chi connectivity index (χ4n) is 9.61. The van der Waals surface area contributed by atoms with E-state index in [1.807, 2.05) is 6.08 Å². The second kappa shape index (κ2) is 68.6. The second-order valence-electron chi connectivity index (χ2n) is 22.7. The Morgan fingerprint density at radius 3 is 0.840 bits per heavy atom. The number of carbonyl (C=O) groups is 3. The lowest BCUT2D eigenvalue weighted by Crippen LogP contribution is -2.30. The van der Waals surface area contributed by atoms with E-state index in [2.05, 4.69) is 124 Å². The number of allylic oxidation sites excluding steroid dienone is 18. The predicted molar refractivity (Wildman–Crippen MR) is 353 cm³/mol. The minimum absolute atomic E-state index is 0.110. The minimum Gasteiger partial charge on any atom is -0.462 e. The maximum absolute atomic E-state index is 12.9. The van der Waals surface area contributed by atoms with Crippen LogP contribution < -0.4 is 0 Å². The zero-order chi connectivity index (χ0) is 58.5. The first-order chi connectivity index (χ1) is 40.0. The average Bonchev–Trinajstić information content (AvgIpc) is 3.47. The Morgan fingerprint density at radius 1 is 0.259 bits per heavy atom. The molecule has 1 unspecified atom stereocenters. The van der Waals surface area contributed by atoms with E-state index in [-0.39, 0.29) is 31.6 Å². The van der Waals surface area contributed by atoms with Gasteiger partial charge in [0.1, 0.15) is 13.2 Å². The summed E-state index contributed by atoms with van der Waals surface area (Å²) in [7, 11) is 0. The third-order valence-electron chi connectivity index (χ3n) is 14.7. The molecule has 81 heavy (non-hydrogen) atoms. The van der Waals surface area contributed by atoms with Gasteiger partial charge in [-0.15, -0.1) is 0 Å². The molecular weight excluding hydrogens is 997 g/mol. The van der Waals surface area contributed by atoms with E-state index in [0.29, 0.717) is 19.3 Å². The van der Waals surface area contributed by atoms with Crippen LogP contribution in [0.1, 0.15) is 329 Å². The summed E-state index contributed by atoms with van der Waals surface area (Å²) in [5, 5.41) is 0. The van der Waals surface area contributed by atoms with Gasteiger partial charge in [-0.25, -0.2) is 0 Å². The molecule has 0 aliphatic heterocycles. The third-order valence-corrected chi connectivity index (χ3v) is 14.7. The van der Waals surface area contributed by atoms with E-state index in [0.717, 1.165) is 89.9 Å². The molecule has 0 amide bonds. The summed E-state index contributed by atoms with van der Waals surface area (Å²) in [6.45, 7) is 6.47. The quantitative estimate of drug-likeness (QED) is 0.0261. The van der Waals surface area contributed by atoms with Crippen molar-refractivity contribution in [2.75, 3.05) is 13.2 Å². The van der Waals surface area contributed by atoms with Crippen molar-refractivity contribution >= 4 is 17.9 Å². The summed E-state index contributed by atoms with van der Waals surface area (Å²) in [4.78, 5) is 38.4. The number of hydrogen-bond donors (Lipinski definition) is 0. The highest BCUT2D eigenvalue weighted by Crippen LogP contribution is 2.17. The summed E-state index contributed by atoms with van der Waals surface area (Å²) in [5.74, 6) is -0.992. The van der Waals surface area contributed by atoms with Crippen molar-refractivity contribution in [3.63, 3.8) is 0 Å². The highest BCUT2D eigenvalue weighted by molar-refractivity contribution is 5.71. The van der Waals surface area contributed by atoms with Crippen molar-refractivity contribution in [3.8, 4) is 0 Å². The molecule has 0 aromatic carbocycles. The Hall–Kier alpha value is -3.93. The van der Waals surface area contributed by atoms with Gasteiger partial charge in [-0.1, -0.05) is 304 Å². The van der Waals surface area contributed by atoms with Gasteiger partial charge in [-0.05, 0) is 116 Å². The average molecular weight is 1130 g/mol. The summed E-state index contributed by atoms with van der Waals surface area (Å²) < 4.78 is 16.9. The van der Waals surface area contributed by atoms with Crippen molar-refractivity contribution in [2.45, 2.75) is 335 Å². The second-order valence-corrected chi connectivity index (χ2v) is 22.7. The maximum Gasteiger partial charge on any atom is 0.306 e. The lowest BCUT2D eigenvalue weighted by Gasteiger charge is -2.18. The Labute approximate surface area is 501 Å². The minimum atomic E-state index is -0.825. The molecule has 0 rings (SSSR count). The number of hydrogen-bond acceptors (Lipinski definition) is 6.